The molecule has 2 aromatic carbocycles. The van der Waals surface area contributed by atoms with Crippen LogP contribution in [0.15, 0.2) is 48.5 Å². The molecule has 0 atom stereocenters. The van der Waals surface area contributed by atoms with Crippen molar-refractivity contribution in [3.8, 4) is 11.5 Å². The Morgan fingerprint density at radius 3 is 2.75 bits per heavy atom. The fourth-order valence-corrected chi connectivity index (χ4v) is 2.57. The standard InChI is InChI=1S/C18H17ClN2O3/c1-23-16-4-2-3-5-17(16)24-9-8-20-18(22)15-11-12-10-13(19)6-7-14(12)21-15/h2-7,10-11,21H,8-9H2,1H3,(H,20,22). The number of hydrogen-bond donors (Lipinski definition) is 2. The molecule has 0 fully saturated rings. The minimum absolute atomic E-state index is 0.189. The summed E-state index contributed by atoms with van der Waals surface area (Å²) in [5.74, 6) is 1.12. The highest BCUT2D eigenvalue weighted by molar-refractivity contribution is 6.31. The van der Waals surface area contributed by atoms with Crippen molar-refractivity contribution in [3.63, 3.8) is 0 Å². The number of nitrogens with one attached hydrogen (secondary N) is 2. The van der Waals surface area contributed by atoms with E-state index >= 15 is 0 Å². The van der Waals surface area contributed by atoms with Gasteiger partial charge in [0.25, 0.3) is 5.91 Å². The van der Waals surface area contributed by atoms with Crippen molar-refractivity contribution >= 4 is 28.4 Å². The first-order valence-corrected chi connectivity index (χ1v) is 7.87. The summed E-state index contributed by atoms with van der Waals surface area (Å²) in [5, 5.41) is 4.35. The molecule has 1 amide bonds. The molecule has 0 radical (unpaired) electrons. The number of halogens is 1. The Morgan fingerprint density at radius 2 is 1.96 bits per heavy atom. The van der Waals surface area contributed by atoms with Gasteiger partial charge < -0.3 is 19.8 Å². The van der Waals surface area contributed by atoms with Crippen LogP contribution in [0, 0.1) is 0 Å². The van der Waals surface area contributed by atoms with Gasteiger partial charge in [-0.1, -0.05) is 23.7 Å². The molecule has 0 aliphatic rings. The van der Waals surface area contributed by atoms with Crippen LogP contribution in [-0.4, -0.2) is 31.2 Å². The number of methoxy groups -OCH3 is 1. The summed E-state index contributed by atoms with van der Waals surface area (Å²) >= 11 is 5.95. The van der Waals surface area contributed by atoms with E-state index in [9.17, 15) is 4.79 Å². The summed E-state index contributed by atoms with van der Waals surface area (Å²) < 4.78 is 10.8. The normalized spacial score (nSPS) is 10.6. The number of H-pyrrole nitrogens is 1. The highest BCUT2D eigenvalue weighted by Gasteiger charge is 2.09. The minimum Gasteiger partial charge on any atom is -0.493 e. The molecule has 0 aliphatic heterocycles. The van der Waals surface area contributed by atoms with E-state index in [4.69, 9.17) is 21.1 Å². The Bertz CT molecular complexity index is 860. The summed E-state index contributed by atoms with van der Waals surface area (Å²) in [4.78, 5) is 15.2. The van der Waals surface area contributed by atoms with Crippen molar-refractivity contribution in [1.82, 2.24) is 10.3 Å². The van der Waals surface area contributed by atoms with Crippen molar-refractivity contribution in [2.75, 3.05) is 20.3 Å². The van der Waals surface area contributed by atoms with Crippen LogP contribution in [0.3, 0.4) is 0 Å². The van der Waals surface area contributed by atoms with E-state index in [-0.39, 0.29) is 5.91 Å². The number of carbonyl (C=O) groups excluding carboxylic acids is 1. The van der Waals surface area contributed by atoms with Crippen LogP contribution in [0.5, 0.6) is 11.5 Å². The average Bonchev–Trinajstić information content (AvgIpc) is 3.02. The average molecular weight is 345 g/mol. The van der Waals surface area contributed by atoms with Crippen LogP contribution < -0.4 is 14.8 Å². The summed E-state index contributed by atoms with van der Waals surface area (Å²) in [6.07, 6.45) is 0. The quantitative estimate of drug-likeness (QED) is 0.671. The van der Waals surface area contributed by atoms with Gasteiger partial charge in [0.2, 0.25) is 0 Å². The van der Waals surface area contributed by atoms with E-state index in [0.29, 0.717) is 35.4 Å². The van der Waals surface area contributed by atoms with Crippen molar-refractivity contribution in [3.05, 3.63) is 59.2 Å². The molecule has 1 heterocycles. The van der Waals surface area contributed by atoms with Crippen LogP contribution in [0.25, 0.3) is 10.9 Å². The summed E-state index contributed by atoms with van der Waals surface area (Å²) in [7, 11) is 1.59. The Hall–Kier alpha value is -2.66. The molecule has 0 spiro atoms. The first-order valence-electron chi connectivity index (χ1n) is 7.49. The van der Waals surface area contributed by atoms with E-state index in [2.05, 4.69) is 10.3 Å². The summed E-state index contributed by atoms with van der Waals surface area (Å²) in [5.41, 5.74) is 1.36. The molecule has 3 aromatic rings. The molecule has 0 saturated carbocycles. The molecule has 124 valence electrons. The number of ether oxygens (including phenoxy) is 2. The lowest BCUT2D eigenvalue weighted by atomic mass is 10.2. The highest BCUT2D eigenvalue weighted by Crippen LogP contribution is 2.25. The monoisotopic (exact) mass is 344 g/mol. The maximum absolute atomic E-state index is 12.2. The largest absolute Gasteiger partial charge is 0.493 e. The Balaban J connectivity index is 1.55. The van der Waals surface area contributed by atoms with Crippen LogP contribution >= 0.6 is 11.6 Å². The summed E-state index contributed by atoms with van der Waals surface area (Å²) in [6, 6.07) is 14.6. The van der Waals surface area contributed by atoms with Gasteiger partial charge in [0.05, 0.1) is 13.7 Å². The molecule has 0 saturated heterocycles. The molecule has 0 aliphatic carbocycles. The number of hydrogen-bond acceptors (Lipinski definition) is 3. The third kappa shape index (κ3) is 3.63. The van der Waals surface area contributed by atoms with Crippen LogP contribution in [0.4, 0.5) is 0 Å². The van der Waals surface area contributed by atoms with Gasteiger partial charge in [-0.2, -0.15) is 0 Å². The lowest BCUT2D eigenvalue weighted by molar-refractivity contribution is 0.0942. The van der Waals surface area contributed by atoms with Crippen LogP contribution in [-0.2, 0) is 0 Å². The number of para-hydroxylation sites is 2. The predicted molar refractivity (Wildman–Crippen MR) is 94.1 cm³/mol. The van der Waals surface area contributed by atoms with Gasteiger partial charge in [0, 0.05) is 15.9 Å². The molecular weight excluding hydrogens is 328 g/mol. The van der Waals surface area contributed by atoms with Crippen molar-refractivity contribution in [2.45, 2.75) is 0 Å². The Kier molecular flexibility index (Phi) is 4.91. The van der Waals surface area contributed by atoms with Gasteiger partial charge in [-0.3, -0.25) is 4.79 Å². The number of aromatic amines is 1. The third-order valence-corrected chi connectivity index (χ3v) is 3.78. The van der Waals surface area contributed by atoms with Gasteiger partial charge >= 0.3 is 0 Å². The molecular formula is C18H17ClN2O3. The van der Waals surface area contributed by atoms with E-state index < -0.39 is 0 Å². The molecule has 6 heteroatoms. The van der Waals surface area contributed by atoms with Crippen molar-refractivity contribution < 1.29 is 14.3 Å². The lowest BCUT2D eigenvalue weighted by Crippen LogP contribution is -2.28. The molecule has 2 N–H and O–H groups in total. The van der Waals surface area contributed by atoms with Crippen LogP contribution in [0.1, 0.15) is 10.5 Å². The first kappa shape index (κ1) is 16.2. The second-order valence-electron chi connectivity index (χ2n) is 5.17. The highest BCUT2D eigenvalue weighted by atomic mass is 35.5. The Morgan fingerprint density at radius 1 is 1.17 bits per heavy atom. The number of fused-ring (bicyclic) bond motifs is 1. The maximum atomic E-state index is 12.2. The third-order valence-electron chi connectivity index (χ3n) is 3.54. The number of amides is 1. The second-order valence-corrected chi connectivity index (χ2v) is 5.61. The van der Waals surface area contributed by atoms with E-state index in [0.717, 1.165) is 10.9 Å². The van der Waals surface area contributed by atoms with Gasteiger partial charge in [-0.25, -0.2) is 0 Å². The molecule has 0 unspecified atom stereocenters. The molecule has 5 nitrogen and oxygen atoms in total. The zero-order chi connectivity index (χ0) is 16.9. The zero-order valence-corrected chi connectivity index (χ0v) is 13.9. The minimum atomic E-state index is -0.189. The fourth-order valence-electron chi connectivity index (χ4n) is 2.38. The maximum Gasteiger partial charge on any atom is 0.267 e. The lowest BCUT2D eigenvalue weighted by Gasteiger charge is -2.10. The first-order chi connectivity index (χ1) is 11.7. The van der Waals surface area contributed by atoms with E-state index in [1.165, 1.54) is 0 Å². The molecule has 3 rings (SSSR count). The van der Waals surface area contributed by atoms with Gasteiger partial charge in [0.1, 0.15) is 12.3 Å². The van der Waals surface area contributed by atoms with E-state index in [1.807, 2.05) is 36.4 Å². The topological polar surface area (TPSA) is 63.4 Å². The Labute approximate surface area is 144 Å². The van der Waals surface area contributed by atoms with Gasteiger partial charge in [0.15, 0.2) is 11.5 Å². The number of rotatable bonds is 6. The summed E-state index contributed by atoms with van der Waals surface area (Å²) in [6.45, 7) is 0.727. The van der Waals surface area contributed by atoms with Crippen molar-refractivity contribution in [2.24, 2.45) is 0 Å². The SMILES string of the molecule is COc1ccccc1OCCNC(=O)c1cc2cc(Cl)ccc2[nH]1. The predicted octanol–water partition coefficient (Wildman–Crippen LogP) is 3.64. The number of carbonyl (C=O) groups is 1. The van der Waals surface area contributed by atoms with Crippen LogP contribution in [0.2, 0.25) is 5.02 Å². The van der Waals surface area contributed by atoms with Crippen molar-refractivity contribution in [1.29, 1.82) is 0 Å². The van der Waals surface area contributed by atoms with E-state index in [1.54, 1.807) is 19.2 Å². The molecule has 24 heavy (non-hydrogen) atoms. The smallest absolute Gasteiger partial charge is 0.267 e. The number of benzene rings is 2. The second kappa shape index (κ2) is 7.27. The zero-order valence-electron chi connectivity index (χ0n) is 13.1. The number of aromatic nitrogens is 1. The van der Waals surface area contributed by atoms with Gasteiger partial charge in [-0.05, 0) is 36.4 Å². The fraction of sp³-hybridized carbons (Fsp3) is 0.167. The van der Waals surface area contributed by atoms with Gasteiger partial charge in [-0.15, -0.1) is 0 Å². The molecule has 0 bridgehead atoms. The molecule has 1 aromatic heterocycles.